The molecule has 2 amide bonds. The molecule has 9 heteroatoms. The zero-order valence-electron chi connectivity index (χ0n) is 14.9. The average molecular weight is 436 g/mol. The van der Waals surface area contributed by atoms with Gasteiger partial charge in [-0.2, -0.15) is 5.10 Å². The van der Waals surface area contributed by atoms with Gasteiger partial charge in [0.25, 0.3) is 0 Å². The molecule has 0 saturated carbocycles. The van der Waals surface area contributed by atoms with Crippen LogP contribution in [0.15, 0.2) is 46.0 Å². The third-order valence-electron chi connectivity index (χ3n) is 3.43. The number of halogens is 1. The number of carbonyl (C=O) groups excluding carboxylic acids is 2. The first-order valence-electron chi connectivity index (χ1n) is 7.68. The smallest absolute Gasteiger partial charge is 0.329 e. The molecule has 0 bridgehead atoms. The number of nitrogens with one attached hydrogen (secondary N) is 2. The number of amides is 2. The Hall–Kier alpha value is -3.07. The van der Waals surface area contributed by atoms with Crippen molar-refractivity contribution in [1.82, 2.24) is 5.43 Å². The Morgan fingerprint density at radius 3 is 2.22 bits per heavy atom. The summed E-state index contributed by atoms with van der Waals surface area (Å²) in [5.74, 6) is -0.0295. The summed E-state index contributed by atoms with van der Waals surface area (Å²) in [5, 5.41) is 6.25. The highest BCUT2D eigenvalue weighted by atomic mass is 79.9. The molecule has 0 radical (unpaired) electrons. The summed E-state index contributed by atoms with van der Waals surface area (Å²) >= 11 is 3.36. The zero-order chi connectivity index (χ0) is 19.8. The molecule has 2 aromatic rings. The van der Waals surface area contributed by atoms with E-state index < -0.39 is 11.8 Å². The minimum absolute atomic E-state index is 0.459. The van der Waals surface area contributed by atoms with Crippen LogP contribution in [0, 0.1) is 0 Å². The summed E-state index contributed by atoms with van der Waals surface area (Å²) in [5.41, 5.74) is 3.21. The Bertz CT molecular complexity index is 853. The number of hydrogen-bond donors (Lipinski definition) is 2. The van der Waals surface area contributed by atoms with E-state index in [9.17, 15) is 9.59 Å². The molecule has 142 valence electrons. The third-order valence-corrected chi connectivity index (χ3v) is 4.05. The number of nitrogens with zero attached hydrogens (tertiary/aromatic N) is 1. The van der Waals surface area contributed by atoms with Crippen LogP contribution in [0.4, 0.5) is 5.69 Å². The number of methoxy groups -OCH3 is 3. The molecule has 0 spiro atoms. The van der Waals surface area contributed by atoms with Gasteiger partial charge in [-0.15, -0.1) is 0 Å². The second kappa shape index (κ2) is 9.58. The largest absolute Gasteiger partial charge is 0.497 e. The van der Waals surface area contributed by atoms with Crippen LogP contribution >= 0.6 is 15.9 Å². The SMILES string of the molecule is COc1ccc(NC(=O)C(=O)N/N=C/c2cc(Br)c(OC)cc2OC)cc1. The molecule has 8 nitrogen and oxygen atoms in total. The Morgan fingerprint density at radius 2 is 1.63 bits per heavy atom. The molecule has 0 saturated heterocycles. The molecule has 0 aliphatic carbocycles. The summed E-state index contributed by atoms with van der Waals surface area (Å²) in [6, 6.07) is 9.95. The summed E-state index contributed by atoms with van der Waals surface area (Å²) in [6.07, 6.45) is 1.36. The second-order valence-electron chi connectivity index (χ2n) is 5.11. The van der Waals surface area contributed by atoms with Gasteiger partial charge in [0.15, 0.2) is 0 Å². The maximum Gasteiger partial charge on any atom is 0.329 e. The van der Waals surface area contributed by atoms with Gasteiger partial charge in [-0.1, -0.05) is 0 Å². The first-order chi connectivity index (χ1) is 13.0. The number of ether oxygens (including phenoxy) is 3. The van der Waals surface area contributed by atoms with Crippen LogP contribution in [0.3, 0.4) is 0 Å². The fourth-order valence-corrected chi connectivity index (χ4v) is 2.58. The van der Waals surface area contributed by atoms with Gasteiger partial charge in [0.2, 0.25) is 0 Å². The molecule has 2 aromatic carbocycles. The molecular weight excluding hydrogens is 418 g/mol. The predicted molar refractivity (Wildman–Crippen MR) is 105 cm³/mol. The van der Waals surface area contributed by atoms with Crippen LogP contribution in [-0.4, -0.2) is 39.4 Å². The summed E-state index contributed by atoms with van der Waals surface area (Å²) in [6.45, 7) is 0. The molecule has 0 unspecified atom stereocenters. The molecular formula is C18H18BrN3O5. The number of rotatable bonds is 6. The Balaban J connectivity index is 1.99. The normalized spacial score (nSPS) is 10.4. The highest BCUT2D eigenvalue weighted by molar-refractivity contribution is 9.10. The van der Waals surface area contributed by atoms with E-state index >= 15 is 0 Å². The summed E-state index contributed by atoms with van der Waals surface area (Å²) in [4.78, 5) is 23.8. The number of hydrogen-bond acceptors (Lipinski definition) is 6. The highest BCUT2D eigenvalue weighted by Crippen LogP contribution is 2.31. The van der Waals surface area contributed by atoms with Crippen molar-refractivity contribution in [2.24, 2.45) is 5.10 Å². The van der Waals surface area contributed by atoms with Crippen molar-refractivity contribution in [3.63, 3.8) is 0 Å². The standard InChI is InChI=1S/C18H18BrN3O5/c1-25-13-6-4-12(5-7-13)21-17(23)18(24)22-20-10-11-8-14(19)16(27-3)9-15(11)26-2/h4-10H,1-3H3,(H,21,23)(H,22,24)/b20-10+. The monoisotopic (exact) mass is 435 g/mol. The minimum Gasteiger partial charge on any atom is -0.497 e. The Labute approximate surface area is 164 Å². The molecule has 0 aliphatic rings. The van der Waals surface area contributed by atoms with E-state index in [1.807, 2.05) is 0 Å². The fourth-order valence-electron chi connectivity index (χ4n) is 2.06. The fraction of sp³-hybridized carbons (Fsp3) is 0.167. The van der Waals surface area contributed by atoms with E-state index in [2.05, 4.69) is 31.8 Å². The van der Waals surface area contributed by atoms with Crippen molar-refractivity contribution < 1.29 is 23.8 Å². The maximum absolute atomic E-state index is 11.9. The van der Waals surface area contributed by atoms with Crippen LogP contribution in [0.2, 0.25) is 0 Å². The molecule has 2 N–H and O–H groups in total. The van der Waals surface area contributed by atoms with Gasteiger partial charge < -0.3 is 19.5 Å². The van der Waals surface area contributed by atoms with Crippen LogP contribution < -0.4 is 25.0 Å². The minimum atomic E-state index is -0.909. The van der Waals surface area contributed by atoms with Crippen LogP contribution in [0.1, 0.15) is 5.56 Å². The van der Waals surface area contributed by atoms with Gasteiger partial charge in [-0.05, 0) is 46.3 Å². The van der Waals surface area contributed by atoms with Gasteiger partial charge in [0.05, 0.1) is 32.0 Å². The van der Waals surface area contributed by atoms with E-state index in [0.717, 1.165) is 0 Å². The lowest BCUT2D eigenvalue weighted by Gasteiger charge is -2.09. The maximum atomic E-state index is 11.9. The predicted octanol–water partition coefficient (Wildman–Crippen LogP) is 2.56. The van der Waals surface area contributed by atoms with Crippen LogP contribution in [0.25, 0.3) is 0 Å². The Morgan fingerprint density at radius 1 is 0.963 bits per heavy atom. The second-order valence-corrected chi connectivity index (χ2v) is 5.96. The van der Waals surface area contributed by atoms with E-state index in [1.165, 1.54) is 27.5 Å². The zero-order valence-corrected chi connectivity index (χ0v) is 16.5. The molecule has 0 fully saturated rings. The van der Waals surface area contributed by atoms with E-state index in [4.69, 9.17) is 14.2 Å². The van der Waals surface area contributed by atoms with E-state index in [1.54, 1.807) is 36.4 Å². The number of carbonyl (C=O) groups is 2. The lowest BCUT2D eigenvalue weighted by molar-refractivity contribution is -0.136. The quantitative estimate of drug-likeness (QED) is 0.412. The van der Waals surface area contributed by atoms with Gasteiger partial charge >= 0.3 is 11.8 Å². The van der Waals surface area contributed by atoms with Crippen molar-refractivity contribution in [2.75, 3.05) is 26.6 Å². The van der Waals surface area contributed by atoms with E-state index in [-0.39, 0.29) is 0 Å². The van der Waals surface area contributed by atoms with Crippen molar-refractivity contribution in [3.8, 4) is 17.2 Å². The van der Waals surface area contributed by atoms with Crippen molar-refractivity contribution in [2.45, 2.75) is 0 Å². The van der Waals surface area contributed by atoms with Crippen LogP contribution in [-0.2, 0) is 9.59 Å². The number of hydrazone groups is 1. The van der Waals surface area contributed by atoms with Gasteiger partial charge in [-0.25, -0.2) is 5.43 Å². The average Bonchev–Trinajstić information content (AvgIpc) is 2.68. The highest BCUT2D eigenvalue weighted by Gasteiger charge is 2.13. The van der Waals surface area contributed by atoms with Crippen LogP contribution in [0.5, 0.6) is 17.2 Å². The molecule has 0 aromatic heterocycles. The summed E-state index contributed by atoms with van der Waals surface area (Å²) in [7, 11) is 4.57. The van der Waals surface area contributed by atoms with Crippen molar-refractivity contribution in [1.29, 1.82) is 0 Å². The topological polar surface area (TPSA) is 98.2 Å². The van der Waals surface area contributed by atoms with Gasteiger partial charge in [0, 0.05) is 17.3 Å². The molecule has 2 rings (SSSR count). The molecule has 0 aliphatic heterocycles. The first-order valence-corrected chi connectivity index (χ1v) is 8.47. The van der Waals surface area contributed by atoms with Gasteiger partial charge in [-0.3, -0.25) is 9.59 Å². The van der Waals surface area contributed by atoms with Crippen molar-refractivity contribution >= 4 is 39.6 Å². The Kier molecular flexibility index (Phi) is 7.18. The molecule has 0 atom stereocenters. The first kappa shape index (κ1) is 20.2. The molecule has 0 heterocycles. The number of anilines is 1. The molecule has 27 heavy (non-hydrogen) atoms. The van der Waals surface area contributed by atoms with Crippen molar-refractivity contribution in [3.05, 3.63) is 46.4 Å². The van der Waals surface area contributed by atoms with Gasteiger partial charge in [0.1, 0.15) is 17.2 Å². The third kappa shape index (κ3) is 5.45. The van der Waals surface area contributed by atoms with E-state index in [0.29, 0.717) is 33.0 Å². The summed E-state index contributed by atoms with van der Waals surface area (Å²) < 4.78 is 16.2. The lowest BCUT2D eigenvalue weighted by Crippen LogP contribution is -2.32. The lowest BCUT2D eigenvalue weighted by atomic mass is 10.2. The number of benzene rings is 2.